The first-order valence-corrected chi connectivity index (χ1v) is 5.70. The summed E-state index contributed by atoms with van der Waals surface area (Å²) in [6.45, 7) is 0. The van der Waals surface area contributed by atoms with Crippen LogP contribution in [0.25, 0.3) is 16.9 Å². The lowest BCUT2D eigenvalue weighted by Gasteiger charge is -2.06. The zero-order valence-corrected chi connectivity index (χ0v) is 10.1. The number of rotatable bonds is 1. The lowest BCUT2D eigenvalue weighted by atomic mass is 10.2. The van der Waals surface area contributed by atoms with Gasteiger partial charge in [-0.1, -0.05) is 0 Å². The minimum Gasteiger partial charge on any atom is -0.329 e. The molecule has 0 bridgehead atoms. The van der Waals surface area contributed by atoms with Crippen molar-refractivity contribution in [2.45, 2.75) is 0 Å². The molecule has 1 N–H and O–H groups in total. The Morgan fingerprint density at radius 3 is 2.68 bits per heavy atom. The fraction of sp³-hybridized carbons (Fsp3) is 0. The first-order chi connectivity index (χ1) is 9.09. The van der Waals surface area contributed by atoms with Gasteiger partial charge in [0.25, 0.3) is 0 Å². The van der Waals surface area contributed by atoms with Crippen LogP contribution in [0.4, 0.5) is 13.2 Å². The predicted octanol–water partition coefficient (Wildman–Crippen LogP) is 3.50. The minimum absolute atomic E-state index is 0.151. The average Bonchev–Trinajstić information content (AvgIpc) is 2.73. The zero-order chi connectivity index (χ0) is 13.6. The molecule has 3 nitrogen and oxygen atoms in total. The van der Waals surface area contributed by atoms with E-state index in [2.05, 4.69) is 9.97 Å². The molecule has 3 aromatic rings. The summed E-state index contributed by atoms with van der Waals surface area (Å²) in [4.78, 5) is 6.87. The summed E-state index contributed by atoms with van der Waals surface area (Å²) in [6.07, 6.45) is 1.50. The lowest BCUT2D eigenvalue weighted by Crippen LogP contribution is -2.02. The highest BCUT2D eigenvalue weighted by molar-refractivity contribution is 7.71. The number of hydrogen-bond acceptors (Lipinski definition) is 2. The smallest absolute Gasteiger partial charge is 0.196 e. The number of aromatic nitrogens is 3. The highest BCUT2D eigenvalue weighted by Gasteiger charge is 2.17. The zero-order valence-electron chi connectivity index (χ0n) is 9.32. The summed E-state index contributed by atoms with van der Waals surface area (Å²) in [5.41, 5.74) is 0.739. The summed E-state index contributed by atoms with van der Waals surface area (Å²) in [5, 5.41) is 0. The second-order valence-corrected chi connectivity index (χ2v) is 4.22. The summed E-state index contributed by atoms with van der Waals surface area (Å²) < 4.78 is 41.4. The van der Waals surface area contributed by atoms with Gasteiger partial charge in [-0.15, -0.1) is 0 Å². The Balaban J connectivity index is 2.40. The number of hydrogen-bond donors (Lipinski definition) is 1. The van der Waals surface area contributed by atoms with E-state index < -0.39 is 17.5 Å². The first kappa shape index (κ1) is 11.9. The number of pyridine rings is 1. The molecule has 0 unspecified atom stereocenters. The highest BCUT2D eigenvalue weighted by Crippen LogP contribution is 2.23. The Labute approximate surface area is 110 Å². The molecule has 0 saturated carbocycles. The van der Waals surface area contributed by atoms with Crippen LogP contribution in [0.1, 0.15) is 0 Å². The van der Waals surface area contributed by atoms with Crippen LogP contribution in [0.5, 0.6) is 0 Å². The second-order valence-electron chi connectivity index (χ2n) is 3.83. The van der Waals surface area contributed by atoms with Gasteiger partial charge in [0.15, 0.2) is 27.9 Å². The molecule has 0 spiro atoms. The van der Waals surface area contributed by atoms with Crippen molar-refractivity contribution in [2.75, 3.05) is 0 Å². The quantitative estimate of drug-likeness (QED) is 0.547. The Morgan fingerprint density at radius 2 is 1.89 bits per heavy atom. The SMILES string of the molecule is Fc1ccc(-n2c(=S)[nH]c3cccnc32)c(F)c1F. The van der Waals surface area contributed by atoms with Crippen molar-refractivity contribution in [3.05, 3.63) is 52.7 Å². The van der Waals surface area contributed by atoms with Gasteiger partial charge in [0, 0.05) is 6.20 Å². The molecule has 0 amide bonds. The predicted molar refractivity (Wildman–Crippen MR) is 66.1 cm³/mol. The van der Waals surface area contributed by atoms with E-state index in [0.717, 1.165) is 12.1 Å². The van der Waals surface area contributed by atoms with Gasteiger partial charge < -0.3 is 4.98 Å². The highest BCUT2D eigenvalue weighted by atomic mass is 32.1. The maximum Gasteiger partial charge on any atom is 0.196 e. The van der Waals surface area contributed by atoms with E-state index in [1.54, 1.807) is 12.1 Å². The van der Waals surface area contributed by atoms with E-state index in [-0.39, 0.29) is 10.5 Å². The fourth-order valence-electron chi connectivity index (χ4n) is 1.85. The van der Waals surface area contributed by atoms with Crippen LogP contribution >= 0.6 is 12.2 Å². The maximum absolute atomic E-state index is 13.8. The van der Waals surface area contributed by atoms with Crippen molar-refractivity contribution in [1.29, 1.82) is 0 Å². The van der Waals surface area contributed by atoms with E-state index in [0.29, 0.717) is 11.2 Å². The number of nitrogens with one attached hydrogen (secondary N) is 1. The average molecular weight is 281 g/mol. The van der Waals surface area contributed by atoms with Gasteiger partial charge in [-0.05, 0) is 36.5 Å². The largest absolute Gasteiger partial charge is 0.329 e. The normalized spacial score (nSPS) is 11.1. The van der Waals surface area contributed by atoms with Gasteiger partial charge >= 0.3 is 0 Å². The topological polar surface area (TPSA) is 33.6 Å². The Kier molecular flexibility index (Phi) is 2.63. The van der Waals surface area contributed by atoms with Gasteiger partial charge in [-0.2, -0.15) is 0 Å². The summed E-state index contributed by atoms with van der Waals surface area (Å²) in [6, 6.07) is 5.34. The van der Waals surface area contributed by atoms with E-state index in [1.165, 1.54) is 10.8 Å². The van der Waals surface area contributed by atoms with Crippen molar-refractivity contribution in [3.8, 4) is 5.69 Å². The summed E-state index contributed by atoms with van der Waals surface area (Å²) >= 11 is 5.06. The number of H-pyrrole nitrogens is 1. The van der Waals surface area contributed by atoms with Gasteiger partial charge in [-0.3, -0.25) is 4.57 Å². The van der Waals surface area contributed by atoms with E-state index >= 15 is 0 Å². The molecule has 7 heteroatoms. The molecule has 0 fully saturated rings. The Bertz CT molecular complexity index is 838. The molecule has 96 valence electrons. The molecule has 0 aliphatic rings. The van der Waals surface area contributed by atoms with Gasteiger partial charge in [0.1, 0.15) is 0 Å². The standard InChI is InChI=1S/C12H6F3N3S/c13-6-3-4-8(10(15)9(6)14)18-11-7(17-12(18)19)2-1-5-16-11/h1-5H,(H,17,19). The van der Waals surface area contributed by atoms with Crippen LogP contribution in [0.2, 0.25) is 0 Å². The van der Waals surface area contributed by atoms with Crippen molar-refractivity contribution in [1.82, 2.24) is 14.5 Å². The molecule has 0 saturated heterocycles. The maximum atomic E-state index is 13.8. The van der Waals surface area contributed by atoms with Crippen molar-refractivity contribution < 1.29 is 13.2 Å². The molecule has 3 rings (SSSR count). The number of halogens is 3. The minimum atomic E-state index is -1.54. The van der Waals surface area contributed by atoms with Gasteiger partial charge in [-0.25, -0.2) is 18.2 Å². The second kappa shape index (κ2) is 4.20. The lowest BCUT2D eigenvalue weighted by molar-refractivity contribution is 0.445. The van der Waals surface area contributed by atoms with Gasteiger partial charge in [0.2, 0.25) is 0 Å². The first-order valence-electron chi connectivity index (χ1n) is 5.29. The molecule has 19 heavy (non-hydrogen) atoms. The number of fused-ring (bicyclic) bond motifs is 1. The third kappa shape index (κ3) is 1.74. The summed E-state index contributed by atoms with van der Waals surface area (Å²) in [7, 11) is 0. The van der Waals surface area contributed by atoms with Gasteiger partial charge in [0.05, 0.1) is 11.2 Å². The van der Waals surface area contributed by atoms with Crippen LogP contribution < -0.4 is 0 Å². The van der Waals surface area contributed by atoms with E-state index in [4.69, 9.17) is 12.2 Å². The molecule has 2 heterocycles. The van der Waals surface area contributed by atoms with Crippen LogP contribution in [0, 0.1) is 22.2 Å². The molecule has 0 aliphatic heterocycles. The molecule has 0 radical (unpaired) electrons. The Hall–Kier alpha value is -2.15. The fourth-order valence-corrected chi connectivity index (χ4v) is 2.15. The third-order valence-corrected chi connectivity index (χ3v) is 2.98. The number of aromatic amines is 1. The van der Waals surface area contributed by atoms with Crippen molar-refractivity contribution >= 4 is 23.4 Å². The molecular formula is C12H6F3N3S. The molecular weight excluding hydrogens is 275 g/mol. The Morgan fingerprint density at radius 1 is 1.11 bits per heavy atom. The third-order valence-electron chi connectivity index (χ3n) is 2.70. The molecule has 0 atom stereocenters. The van der Waals surface area contributed by atoms with Crippen LogP contribution in [-0.4, -0.2) is 14.5 Å². The number of imidazole rings is 1. The van der Waals surface area contributed by atoms with Crippen molar-refractivity contribution in [3.63, 3.8) is 0 Å². The van der Waals surface area contributed by atoms with Crippen LogP contribution in [0.3, 0.4) is 0 Å². The van der Waals surface area contributed by atoms with Crippen molar-refractivity contribution in [2.24, 2.45) is 0 Å². The number of nitrogens with zero attached hydrogens (tertiary/aromatic N) is 2. The number of benzene rings is 1. The van der Waals surface area contributed by atoms with Crippen LogP contribution in [0.15, 0.2) is 30.5 Å². The van der Waals surface area contributed by atoms with Crippen LogP contribution in [-0.2, 0) is 0 Å². The summed E-state index contributed by atoms with van der Waals surface area (Å²) in [5.74, 6) is -4.09. The monoisotopic (exact) mass is 281 g/mol. The van der Waals surface area contributed by atoms with E-state index in [1.807, 2.05) is 0 Å². The molecule has 2 aromatic heterocycles. The molecule has 1 aromatic carbocycles. The van der Waals surface area contributed by atoms with E-state index in [9.17, 15) is 13.2 Å². The molecule has 0 aliphatic carbocycles.